The first kappa shape index (κ1) is 20.3. The maximum atomic E-state index is 11.8. The molecule has 150 valence electrons. The molecule has 2 aromatic carbocycles. The van der Waals surface area contributed by atoms with Crippen molar-refractivity contribution in [3.05, 3.63) is 48.0 Å². The zero-order valence-corrected chi connectivity index (χ0v) is 16.6. The van der Waals surface area contributed by atoms with Crippen molar-refractivity contribution in [3.63, 3.8) is 0 Å². The Bertz CT molecular complexity index is 810. The fraction of sp³-hybridized carbons (Fsp3) is 0.455. The molecule has 0 bridgehead atoms. The molecule has 0 aliphatic carbocycles. The third-order valence-electron chi connectivity index (χ3n) is 5.56. The predicted molar refractivity (Wildman–Crippen MR) is 110 cm³/mol. The Labute approximate surface area is 166 Å². The van der Waals surface area contributed by atoms with Gasteiger partial charge in [-0.3, -0.25) is 14.5 Å². The number of fused-ring (bicyclic) bond motifs is 1. The first-order valence-electron chi connectivity index (χ1n) is 9.87. The third-order valence-corrected chi connectivity index (χ3v) is 5.56. The first-order valence-corrected chi connectivity index (χ1v) is 9.87. The van der Waals surface area contributed by atoms with Gasteiger partial charge in [-0.2, -0.15) is 0 Å². The first-order chi connectivity index (χ1) is 13.6. The van der Waals surface area contributed by atoms with Crippen LogP contribution < -0.4 is 10.6 Å². The van der Waals surface area contributed by atoms with Crippen LogP contribution in [0.2, 0.25) is 0 Å². The summed E-state index contributed by atoms with van der Waals surface area (Å²) in [7, 11) is 1.31. The minimum atomic E-state index is -0.441. The van der Waals surface area contributed by atoms with Gasteiger partial charge in [0.25, 0.3) is 0 Å². The van der Waals surface area contributed by atoms with Crippen molar-refractivity contribution >= 4 is 22.6 Å². The monoisotopic (exact) mass is 383 g/mol. The number of nitrogens with zero attached hydrogens (tertiary/aromatic N) is 1. The van der Waals surface area contributed by atoms with Crippen LogP contribution in [-0.2, 0) is 14.3 Å². The zero-order valence-electron chi connectivity index (χ0n) is 16.6. The molecule has 6 heteroatoms. The molecule has 1 amide bonds. The maximum absolute atomic E-state index is 11.8. The number of rotatable bonds is 7. The molecule has 1 heterocycles. The summed E-state index contributed by atoms with van der Waals surface area (Å²) in [4.78, 5) is 25.4. The fourth-order valence-corrected chi connectivity index (χ4v) is 3.84. The molecule has 1 atom stereocenters. The Morgan fingerprint density at radius 2 is 1.82 bits per heavy atom. The van der Waals surface area contributed by atoms with E-state index in [0.29, 0.717) is 12.1 Å². The van der Waals surface area contributed by atoms with Gasteiger partial charge in [-0.05, 0) is 36.1 Å². The number of carbonyl (C=O) groups excluding carboxylic acids is 2. The van der Waals surface area contributed by atoms with Crippen molar-refractivity contribution in [1.82, 2.24) is 15.5 Å². The third kappa shape index (κ3) is 5.09. The minimum absolute atomic E-state index is 0.0853. The Morgan fingerprint density at radius 1 is 1.11 bits per heavy atom. The maximum Gasteiger partial charge on any atom is 0.325 e. The van der Waals surface area contributed by atoms with Crippen molar-refractivity contribution in [2.45, 2.75) is 31.8 Å². The molecular weight excluding hydrogens is 354 g/mol. The second-order valence-corrected chi connectivity index (χ2v) is 7.29. The molecule has 2 N–H and O–H groups in total. The van der Waals surface area contributed by atoms with E-state index < -0.39 is 5.97 Å². The van der Waals surface area contributed by atoms with E-state index in [9.17, 15) is 9.59 Å². The van der Waals surface area contributed by atoms with Gasteiger partial charge < -0.3 is 15.4 Å². The number of piperidine rings is 1. The molecule has 28 heavy (non-hydrogen) atoms. The van der Waals surface area contributed by atoms with Gasteiger partial charge >= 0.3 is 5.97 Å². The van der Waals surface area contributed by atoms with Crippen molar-refractivity contribution in [1.29, 1.82) is 0 Å². The van der Waals surface area contributed by atoms with E-state index in [1.807, 2.05) is 0 Å². The van der Waals surface area contributed by atoms with Crippen LogP contribution in [0.25, 0.3) is 10.8 Å². The van der Waals surface area contributed by atoms with Gasteiger partial charge in [-0.15, -0.1) is 0 Å². The molecule has 1 unspecified atom stereocenters. The Morgan fingerprint density at radius 3 is 2.57 bits per heavy atom. The number of methoxy groups -OCH3 is 1. The van der Waals surface area contributed by atoms with Crippen molar-refractivity contribution in [2.24, 2.45) is 0 Å². The van der Waals surface area contributed by atoms with Gasteiger partial charge in [0, 0.05) is 25.2 Å². The molecule has 1 fully saturated rings. The van der Waals surface area contributed by atoms with Gasteiger partial charge in [0.15, 0.2) is 0 Å². The lowest BCUT2D eigenvalue weighted by Crippen LogP contribution is -2.46. The summed E-state index contributed by atoms with van der Waals surface area (Å²) >= 11 is 0. The van der Waals surface area contributed by atoms with Gasteiger partial charge in [-0.25, -0.2) is 0 Å². The van der Waals surface area contributed by atoms with Crippen molar-refractivity contribution in [3.8, 4) is 0 Å². The van der Waals surface area contributed by atoms with Crippen LogP contribution in [0.4, 0.5) is 0 Å². The fourth-order valence-electron chi connectivity index (χ4n) is 3.84. The summed E-state index contributed by atoms with van der Waals surface area (Å²) in [5, 5.41) is 8.45. The number of amides is 1. The average Bonchev–Trinajstić information content (AvgIpc) is 2.75. The Balaban J connectivity index is 1.48. The quantitative estimate of drug-likeness (QED) is 0.718. The van der Waals surface area contributed by atoms with Gasteiger partial charge in [0.1, 0.15) is 6.54 Å². The Kier molecular flexibility index (Phi) is 7.01. The summed E-state index contributed by atoms with van der Waals surface area (Å²) in [5.41, 5.74) is 1.37. The highest BCUT2D eigenvalue weighted by molar-refractivity contribution is 5.86. The van der Waals surface area contributed by atoms with Crippen molar-refractivity contribution in [2.75, 3.05) is 33.3 Å². The van der Waals surface area contributed by atoms with Gasteiger partial charge in [-0.1, -0.05) is 42.5 Å². The van der Waals surface area contributed by atoms with Crippen LogP contribution in [0, 0.1) is 0 Å². The van der Waals surface area contributed by atoms with Gasteiger partial charge in [0.2, 0.25) is 5.91 Å². The molecular formula is C22H29N3O3. The number of likely N-dealkylation sites (tertiary alicyclic amines) is 1. The van der Waals surface area contributed by atoms with Crippen LogP contribution in [0.5, 0.6) is 0 Å². The molecule has 0 spiro atoms. The zero-order chi connectivity index (χ0) is 19.9. The number of hydrogen-bond donors (Lipinski definition) is 2. The summed E-state index contributed by atoms with van der Waals surface area (Å²) in [5.74, 6) is -0.624. The summed E-state index contributed by atoms with van der Waals surface area (Å²) < 4.78 is 4.51. The number of esters is 1. The molecule has 1 saturated heterocycles. The molecule has 0 aromatic heterocycles. The Hall–Kier alpha value is -2.44. The summed E-state index contributed by atoms with van der Waals surface area (Å²) in [6.07, 6.45) is 2.00. The molecule has 0 radical (unpaired) electrons. The minimum Gasteiger partial charge on any atom is -0.468 e. The largest absolute Gasteiger partial charge is 0.468 e. The molecule has 6 nitrogen and oxygen atoms in total. The normalized spacial score (nSPS) is 16.6. The van der Waals surface area contributed by atoms with Crippen LogP contribution in [0.15, 0.2) is 42.5 Å². The molecule has 0 saturated carbocycles. The van der Waals surface area contributed by atoms with Crippen LogP contribution in [0.1, 0.15) is 31.4 Å². The highest BCUT2D eigenvalue weighted by Gasteiger charge is 2.24. The molecule has 1 aliphatic rings. The van der Waals surface area contributed by atoms with Crippen LogP contribution in [0.3, 0.4) is 0 Å². The topological polar surface area (TPSA) is 70.7 Å². The second kappa shape index (κ2) is 9.66. The molecule has 3 rings (SSSR count). The van der Waals surface area contributed by atoms with Gasteiger partial charge in [0.05, 0.1) is 13.7 Å². The number of benzene rings is 2. The highest BCUT2D eigenvalue weighted by Crippen LogP contribution is 2.29. The van der Waals surface area contributed by atoms with Crippen LogP contribution >= 0.6 is 0 Å². The van der Waals surface area contributed by atoms with E-state index in [2.05, 4.69) is 69.7 Å². The lowest BCUT2D eigenvalue weighted by Gasteiger charge is -2.37. The predicted octanol–water partition coefficient (Wildman–Crippen LogP) is 2.24. The van der Waals surface area contributed by atoms with E-state index in [4.69, 9.17) is 0 Å². The van der Waals surface area contributed by atoms with E-state index >= 15 is 0 Å². The number of ether oxygens (including phenoxy) is 1. The summed E-state index contributed by atoms with van der Waals surface area (Å²) in [6.45, 7) is 4.39. The highest BCUT2D eigenvalue weighted by atomic mass is 16.5. The lowest BCUT2D eigenvalue weighted by atomic mass is 9.96. The van der Waals surface area contributed by atoms with Crippen LogP contribution in [-0.4, -0.2) is 56.1 Å². The standard InChI is InChI=1S/C22H29N3O3/c1-16(19-9-5-7-17-6-3-4-8-20(17)19)25-12-10-18(11-13-25)23-14-21(26)24-15-22(27)28-2/h3-9,16,18,23H,10-15H2,1-2H3,(H,24,26). The van der Waals surface area contributed by atoms with Crippen molar-refractivity contribution < 1.29 is 14.3 Å². The second-order valence-electron chi connectivity index (χ2n) is 7.29. The van der Waals surface area contributed by atoms with E-state index in [0.717, 1.165) is 25.9 Å². The molecule has 2 aromatic rings. The number of carbonyl (C=O) groups is 2. The SMILES string of the molecule is COC(=O)CNC(=O)CNC1CCN(C(C)c2cccc3ccccc23)CC1. The molecule has 1 aliphatic heterocycles. The number of hydrogen-bond acceptors (Lipinski definition) is 5. The summed E-state index contributed by atoms with van der Waals surface area (Å²) in [6, 6.07) is 15.7. The smallest absolute Gasteiger partial charge is 0.325 e. The number of nitrogens with one attached hydrogen (secondary N) is 2. The van der Waals surface area contributed by atoms with E-state index in [1.165, 1.54) is 23.4 Å². The lowest BCUT2D eigenvalue weighted by molar-refractivity contribution is -0.141. The van der Waals surface area contributed by atoms with E-state index in [-0.39, 0.29) is 19.0 Å². The van der Waals surface area contributed by atoms with E-state index in [1.54, 1.807) is 0 Å². The average molecular weight is 383 g/mol.